The maximum absolute atomic E-state index is 12.2. The Morgan fingerprint density at radius 1 is 1.41 bits per heavy atom. The third-order valence-corrected chi connectivity index (χ3v) is 5.63. The number of likely N-dealkylation sites (N-methyl/N-ethyl adjacent to an activating group) is 1. The van der Waals surface area contributed by atoms with Gasteiger partial charge < -0.3 is 10.2 Å². The minimum Gasteiger partial charge on any atom is -0.342 e. The van der Waals surface area contributed by atoms with Crippen LogP contribution < -0.4 is 5.32 Å². The predicted octanol–water partition coefficient (Wildman–Crippen LogP) is 0.469. The van der Waals surface area contributed by atoms with E-state index in [1.165, 1.54) is 6.92 Å². The van der Waals surface area contributed by atoms with Gasteiger partial charge in [0.15, 0.2) is 0 Å². The van der Waals surface area contributed by atoms with Crippen LogP contribution in [0, 0.1) is 0 Å². The smallest absolute Gasteiger partial charge is 0.253 e. The Morgan fingerprint density at radius 2 is 2.14 bits per heavy atom. The largest absolute Gasteiger partial charge is 0.342 e. The first-order chi connectivity index (χ1) is 10.4. The first-order valence-electron chi connectivity index (χ1n) is 7.27. The number of hydrogen-bond donors (Lipinski definition) is 1. The maximum atomic E-state index is 12.2. The predicted molar refractivity (Wildman–Crippen MR) is 83.7 cm³/mol. The van der Waals surface area contributed by atoms with E-state index in [0.717, 1.165) is 35.6 Å². The van der Waals surface area contributed by atoms with Crippen LogP contribution in [-0.4, -0.2) is 58.3 Å². The molecule has 0 aromatic rings. The zero-order chi connectivity index (χ0) is 16.0. The molecule has 0 radical (unpaired) electrons. The van der Waals surface area contributed by atoms with Gasteiger partial charge in [0.05, 0.1) is 0 Å². The number of thioether (sulfide) groups is 1. The van der Waals surface area contributed by atoms with Gasteiger partial charge in [-0.05, 0) is 25.0 Å². The monoisotopic (exact) mass is 321 g/mol. The van der Waals surface area contributed by atoms with Gasteiger partial charge in [-0.2, -0.15) is 0 Å². The molecule has 3 aliphatic heterocycles. The zero-order valence-corrected chi connectivity index (χ0v) is 13.7. The fraction of sp³-hybridized carbons (Fsp3) is 0.533. The summed E-state index contributed by atoms with van der Waals surface area (Å²) >= 11 is 1.63. The zero-order valence-electron chi connectivity index (χ0n) is 12.9. The van der Waals surface area contributed by atoms with E-state index in [2.05, 4.69) is 5.32 Å². The SMILES string of the molecule is CC(=O)N[C@@H]1C(=O)N2C(C)=C(/C=C3\CCN(C)C3=O)CS[C@H]12. The van der Waals surface area contributed by atoms with Crippen LogP contribution in [0.3, 0.4) is 0 Å². The minimum absolute atomic E-state index is 0.0273. The first kappa shape index (κ1) is 15.1. The summed E-state index contributed by atoms with van der Waals surface area (Å²) in [6, 6.07) is -0.425. The van der Waals surface area contributed by atoms with Crippen molar-refractivity contribution < 1.29 is 14.4 Å². The molecule has 3 rings (SSSR count). The molecule has 3 aliphatic rings. The van der Waals surface area contributed by atoms with Crippen LogP contribution in [0.5, 0.6) is 0 Å². The van der Waals surface area contributed by atoms with Gasteiger partial charge >= 0.3 is 0 Å². The van der Waals surface area contributed by atoms with Crippen molar-refractivity contribution in [3.63, 3.8) is 0 Å². The molecule has 1 N–H and O–H groups in total. The number of allylic oxidation sites excluding steroid dienone is 2. The van der Waals surface area contributed by atoms with Gasteiger partial charge in [-0.25, -0.2) is 0 Å². The third kappa shape index (κ3) is 2.33. The summed E-state index contributed by atoms with van der Waals surface area (Å²) in [7, 11) is 1.80. The normalized spacial score (nSPS) is 29.9. The number of carbonyl (C=O) groups excluding carboxylic acids is 3. The summed E-state index contributed by atoms with van der Waals surface area (Å²) in [5, 5.41) is 2.67. The third-order valence-electron chi connectivity index (χ3n) is 4.32. The molecule has 0 aliphatic carbocycles. The van der Waals surface area contributed by atoms with Gasteiger partial charge in [0.1, 0.15) is 11.4 Å². The first-order valence-corrected chi connectivity index (χ1v) is 8.32. The van der Waals surface area contributed by atoms with Crippen molar-refractivity contribution in [2.45, 2.75) is 31.7 Å². The van der Waals surface area contributed by atoms with E-state index >= 15 is 0 Å². The van der Waals surface area contributed by atoms with Crippen molar-refractivity contribution in [1.29, 1.82) is 0 Å². The Bertz CT molecular complexity index is 626. The van der Waals surface area contributed by atoms with Gasteiger partial charge in [-0.3, -0.25) is 19.3 Å². The van der Waals surface area contributed by atoms with E-state index in [1.807, 2.05) is 13.0 Å². The molecule has 0 saturated carbocycles. The fourth-order valence-electron chi connectivity index (χ4n) is 3.01. The highest BCUT2D eigenvalue weighted by atomic mass is 32.2. The van der Waals surface area contributed by atoms with Crippen molar-refractivity contribution >= 4 is 29.5 Å². The van der Waals surface area contributed by atoms with Crippen LogP contribution >= 0.6 is 11.8 Å². The molecular weight excluding hydrogens is 302 g/mol. The van der Waals surface area contributed by atoms with E-state index in [1.54, 1.807) is 28.6 Å². The van der Waals surface area contributed by atoms with E-state index in [0.29, 0.717) is 0 Å². The number of nitrogens with zero attached hydrogens (tertiary/aromatic N) is 2. The Kier molecular flexibility index (Phi) is 3.76. The van der Waals surface area contributed by atoms with Crippen molar-refractivity contribution in [1.82, 2.24) is 15.1 Å². The number of hydrogen-bond acceptors (Lipinski definition) is 4. The van der Waals surface area contributed by atoms with Crippen molar-refractivity contribution in [3.8, 4) is 0 Å². The second-order valence-electron chi connectivity index (χ2n) is 5.84. The molecule has 3 heterocycles. The highest BCUT2D eigenvalue weighted by Gasteiger charge is 2.51. The van der Waals surface area contributed by atoms with Crippen molar-refractivity contribution in [3.05, 3.63) is 22.9 Å². The van der Waals surface area contributed by atoms with E-state index < -0.39 is 6.04 Å². The number of rotatable bonds is 2. The number of fused-ring (bicyclic) bond motifs is 1. The lowest BCUT2D eigenvalue weighted by Crippen LogP contribution is -2.69. The molecule has 2 fully saturated rings. The molecule has 7 heteroatoms. The standard InChI is InChI=1S/C15H19N3O3S/c1-8-11(6-10-4-5-17(3)13(10)20)7-22-15-12(16-9(2)19)14(21)18(8)15/h6,12,15H,4-5,7H2,1-3H3,(H,16,19)/b10-6+/t12-,15-/m1/s1. The number of nitrogens with one attached hydrogen (secondary N) is 1. The van der Waals surface area contributed by atoms with Crippen LogP contribution in [0.2, 0.25) is 0 Å². The van der Waals surface area contributed by atoms with Gasteiger partial charge in [0.25, 0.3) is 5.91 Å². The van der Waals surface area contributed by atoms with Gasteiger partial charge in [-0.1, -0.05) is 0 Å². The lowest BCUT2D eigenvalue weighted by atomic mass is 10.0. The minimum atomic E-state index is -0.425. The van der Waals surface area contributed by atoms with Crippen molar-refractivity contribution in [2.24, 2.45) is 0 Å². The maximum Gasteiger partial charge on any atom is 0.253 e. The average Bonchev–Trinajstić information content (AvgIpc) is 2.78. The fourth-order valence-corrected chi connectivity index (χ4v) is 4.44. The Balaban J connectivity index is 1.81. The van der Waals surface area contributed by atoms with E-state index in [-0.39, 0.29) is 23.1 Å². The second-order valence-corrected chi connectivity index (χ2v) is 6.95. The Labute approximate surface area is 133 Å². The molecule has 0 aromatic carbocycles. The molecule has 2 atom stereocenters. The summed E-state index contributed by atoms with van der Waals surface area (Å²) in [6.07, 6.45) is 2.69. The number of carbonyl (C=O) groups is 3. The topological polar surface area (TPSA) is 69.7 Å². The molecule has 22 heavy (non-hydrogen) atoms. The molecule has 0 bridgehead atoms. The van der Waals surface area contributed by atoms with Gasteiger partial charge in [0, 0.05) is 37.5 Å². The summed E-state index contributed by atoms with van der Waals surface area (Å²) in [6.45, 7) is 4.08. The number of β-lactam (4-membered cyclic amide) rings is 1. The van der Waals surface area contributed by atoms with E-state index in [9.17, 15) is 14.4 Å². The van der Waals surface area contributed by atoms with E-state index in [4.69, 9.17) is 0 Å². The lowest BCUT2D eigenvalue weighted by molar-refractivity contribution is -0.145. The summed E-state index contributed by atoms with van der Waals surface area (Å²) in [4.78, 5) is 38.8. The second kappa shape index (κ2) is 5.46. The average molecular weight is 321 g/mol. The lowest BCUT2D eigenvalue weighted by Gasteiger charge is -2.49. The molecule has 3 amide bonds. The summed E-state index contributed by atoms with van der Waals surface area (Å²) < 4.78 is 0. The van der Waals surface area contributed by atoms with Crippen molar-refractivity contribution in [2.75, 3.05) is 19.3 Å². The Hall–Kier alpha value is -1.76. The molecule has 0 spiro atoms. The molecule has 118 valence electrons. The quantitative estimate of drug-likeness (QED) is 0.593. The molecular formula is C15H19N3O3S. The van der Waals surface area contributed by atoms with Crippen LogP contribution in [0.4, 0.5) is 0 Å². The Morgan fingerprint density at radius 3 is 2.73 bits per heavy atom. The molecule has 2 saturated heterocycles. The summed E-state index contributed by atoms with van der Waals surface area (Å²) in [5.74, 6) is 0.554. The molecule has 6 nitrogen and oxygen atoms in total. The van der Waals surface area contributed by atoms with Gasteiger partial charge in [-0.15, -0.1) is 11.8 Å². The van der Waals surface area contributed by atoms with Crippen LogP contribution in [0.25, 0.3) is 0 Å². The number of amides is 3. The number of likely N-dealkylation sites (tertiary alicyclic amines) is 1. The van der Waals surface area contributed by atoms with Gasteiger partial charge in [0.2, 0.25) is 11.8 Å². The highest BCUT2D eigenvalue weighted by Crippen LogP contribution is 2.40. The van der Waals surface area contributed by atoms with Crippen LogP contribution in [0.1, 0.15) is 20.3 Å². The van der Waals surface area contributed by atoms with Crippen LogP contribution in [0.15, 0.2) is 22.9 Å². The van der Waals surface area contributed by atoms with Crippen LogP contribution in [-0.2, 0) is 14.4 Å². The molecule has 0 aromatic heterocycles. The highest BCUT2D eigenvalue weighted by molar-refractivity contribution is 8.00. The molecule has 0 unspecified atom stereocenters. The summed E-state index contributed by atoms with van der Waals surface area (Å²) in [5.41, 5.74) is 2.72.